The van der Waals surface area contributed by atoms with Gasteiger partial charge >= 0.3 is 6.09 Å². The maximum atomic E-state index is 13.0. The molecule has 8 heteroatoms. The molecule has 1 aliphatic heterocycles. The Balaban J connectivity index is 1.70. The number of nitrogens with one attached hydrogen (secondary N) is 1. The largest absolute Gasteiger partial charge is 0.450 e. The van der Waals surface area contributed by atoms with E-state index in [0.717, 1.165) is 0 Å². The molecule has 1 heterocycles. The molecule has 0 atom stereocenters. The van der Waals surface area contributed by atoms with Gasteiger partial charge in [-0.05, 0) is 47.1 Å². The Morgan fingerprint density at radius 2 is 1.52 bits per heavy atom. The first-order chi connectivity index (χ1) is 14.0. The minimum atomic E-state index is -0.360. The maximum Gasteiger partial charge on any atom is 0.409 e. The summed E-state index contributed by atoms with van der Waals surface area (Å²) in [6, 6.07) is 14.0. The SMILES string of the molecule is CCOC(=O)N1CCN(C(=O)c2ccccc2NC(=O)c2ccccc2Br)CC1. The lowest BCUT2D eigenvalue weighted by Gasteiger charge is -2.34. The highest BCUT2D eigenvalue weighted by Gasteiger charge is 2.27. The number of benzene rings is 2. The average Bonchev–Trinajstić information content (AvgIpc) is 2.74. The summed E-state index contributed by atoms with van der Waals surface area (Å²) in [5.74, 6) is -0.485. The third-order valence-electron chi connectivity index (χ3n) is 4.62. The Bertz CT molecular complexity index is 910. The van der Waals surface area contributed by atoms with E-state index in [9.17, 15) is 14.4 Å². The molecule has 29 heavy (non-hydrogen) atoms. The molecule has 1 N–H and O–H groups in total. The zero-order valence-electron chi connectivity index (χ0n) is 16.1. The molecule has 152 valence electrons. The van der Waals surface area contributed by atoms with Crippen molar-refractivity contribution in [2.75, 3.05) is 38.1 Å². The van der Waals surface area contributed by atoms with E-state index < -0.39 is 0 Å². The van der Waals surface area contributed by atoms with Gasteiger partial charge in [0.05, 0.1) is 23.4 Å². The highest BCUT2D eigenvalue weighted by Crippen LogP contribution is 2.22. The summed E-state index contributed by atoms with van der Waals surface area (Å²) in [5, 5.41) is 2.83. The number of carbonyl (C=O) groups is 3. The zero-order chi connectivity index (χ0) is 20.8. The van der Waals surface area contributed by atoms with Crippen LogP contribution in [-0.4, -0.2) is 60.5 Å². The van der Waals surface area contributed by atoms with Gasteiger partial charge in [0.25, 0.3) is 11.8 Å². The van der Waals surface area contributed by atoms with Gasteiger partial charge in [0.1, 0.15) is 0 Å². The summed E-state index contributed by atoms with van der Waals surface area (Å²) < 4.78 is 5.69. The van der Waals surface area contributed by atoms with Crippen LogP contribution in [0.25, 0.3) is 0 Å². The molecule has 1 aliphatic rings. The number of anilines is 1. The standard InChI is InChI=1S/C21H22BrN3O4/c1-2-29-21(28)25-13-11-24(12-14-25)20(27)16-8-4-6-10-18(16)23-19(26)15-7-3-5-9-17(15)22/h3-10H,2,11-14H2,1H3,(H,23,26). The molecule has 0 aromatic heterocycles. The van der Waals surface area contributed by atoms with Crippen LogP contribution >= 0.6 is 15.9 Å². The van der Waals surface area contributed by atoms with E-state index in [1.165, 1.54) is 0 Å². The van der Waals surface area contributed by atoms with Gasteiger partial charge in [0.2, 0.25) is 0 Å². The molecule has 0 radical (unpaired) electrons. The molecular weight excluding hydrogens is 438 g/mol. The number of halogens is 1. The van der Waals surface area contributed by atoms with E-state index >= 15 is 0 Å². The van der Waals surface area contributed by atoms with Crippen LogP contribution in [0, 0.1) is 0 Å². The first-order valence-electron chi connectivity index (χ1n) is 9.37. The summed E-state index contributed by atoms with van der Waals surface area (Å²) in [7, 11) is 0. The molecule has 3 rings (SSSR count). The Kier molecular flexibility index (Phi) is 6.87. The fourth-order valence-corrected chi connectivity index (χ4v) is 3.56. The molecule has 0 unspecified atom stereocenters. The lowest BCUT2D eigenvalue weighted by molar-refractivity contribution is 0.0571. The molecule has 0 saturated carbocycles. The van der Waals surface area contributed by atoms with E-state index in [1.54, 1.807) is 59.2 Å². The lowest BCUT2D eigenvalue weighted by Crippen LogP contribution is -2.50. The second-order valence-electron chi connectivity index (χ2n) is 6.46. The smallest absolute Gasteiger partial charge is 0.409 e. The van der Waals surface area contributed by atoms with Gasteiger partial charge in [-0.25, -0.2) is 4.79 Å². The number of ether oxygens (including phenoxy) is 1. The highest BCUT2D eigenvalue weighted by atomic mass is 79.9. The van der Waals surface area contributed by atoms with E-state index in [-0.39, 0.29) is 17.9 Å². The molecule has 1 fully saturated rings. The van der Waals surface area contributed by atoms with Gasteiger partial charge in [-0.15, -0.1) is 0 Å². The summed E-state index contributed by atoms with van der Waals surface area (Å²) in [6.45, 7) is 3.72. The predicted molar refractivity (Wildman–Crippen MR) is 113 cm³/mol. The molecule has 2 aromatic rings. The van der Waals surface area contributed by atoms with Crippen molar-refractivity contribution < 1.29 is 19.1 Å². The van der Waals surface area contributed by atoms with Crippen LogP contribution in [0.1, 0.15) is 27.6 Å². The number of nitrogens with zero attached hydrogens (tertiary/aromatic N) is 2. The summed E-state index contributed by atoms with van der Waals surface area (Å²) in [6.07, 6.45) is -0.360. The lowest BCUT2D eigenvalue weighted by atomic mass is 10.1. The van der Waals surface area contributed by atoms with E-state index in [2.05, 4.69) is 21.2 Å². The van der Waals surface area contributed by atoms with Crippen LogP contribution in [0.2, 0.25) is 0 Å². The van der Waals surface area contributed by atoms with Gasteiger partial charge in [0, 0.05) is 30.7 Å². The number of hydrogen-bond acceptors (Lipinski definition) is 4. The first kappa shape index (κ1) is 20.9. The van der Waals surface area contributed by atoms with Crippen molar-refractivity contribution in [2.45, 2.75) is 6.92 Å². The quantitative estimate of drug-likeness (QED) is 0.756. The van der Waals surface area contributed by atoms with Crippen LogP contribution in [0.3, 0.4) is 0 Å². The molecule has 0 spiro atoms. The Morgan fingerprint density at radius 1 is 0.931 bits per heavy atom. The molecular formula is C21H22BrN3O4. The normalized spacial score (nSPS) is 13.7. The zero-order valence-corrected chi connectivity index (χ0v) is 17.6. The average molecular weight is 460 g/mol. The van der Waals surface area contributed by atoms with Gasteiger partial charge in [-0.2, -0.15) is 0 Å². The van der Waals surface area contributed by atoms with Crippen molar-refractivity contribution in [1.82, 2.24) is 9.80 Å². The second kappa shape index (κ2) is 9.56. The van der Waals surface area contributed by atoms with E-state index in [1.807, 2.05) is 6.07 Å². The van der Waals surface area contributed by atoms with Crippen LogP contribution in [-0.2, 0) is 4.74 Å². The van der Waals surface area contributed by atoms with Crippen molar-refractivity contribution in [3.63, 3.8) is 0 Å². The molecule has 0 bridgehead atoms. The number of rotatable bonds is 4. The van der Waals surface area contributed by atoms with Crippen molar-refractivity contribution >= 4 is 39.5 Å². The monoisotopic (exact) mass is 459 g/mol. The molecule has 3 amide bonds. The molecule has 0 aliphatic carbocycles. The second-order valence-corrected chi connectivity index (χ2v) is 7.31. The number of carbonyl (C=O) groups excluding carboxylic acids is 3. The maximum absolute atomic E-state index is 13.0. The Labute approximate surface area is 177 Å². The van der Waals surface area contributed by atoms with Crippen LogP contribution in [0.5, 0.6) is 0 Å². The minimum Gasteiger partial charge on any atom is -0.450 e. The van der Waals surface area contributed by atoms with Crippen LogP contribution in [0.15, 0.2) is 53.0 Å². The summed E-state index contributed by atoms with van der Waals surface area (Å²) in [5.41, 5.74) is 1.35. The Hall–Kier alpha value is -2.87. The topological polar surface area (TPSA) is 79.0 Å². The van der Waals surface area contributed by atoms with Crippen molar-refractivity contribution in [2.24, 2.45) is 0 Å². The highest BCUT2D eigenvalue weighted by molar-refractivity contribution is 9.10. The predicted octanol–water partition coefficient (Wildman–Crippen LogP) is 3.62. The van der Waals surface area contributed by atoms with Gasteiger partial charge in [-0.1, -0.05) is 24.3 Å². The van der Waals surface area contributed by atoms with Gasteiger partial charge < -0.3 is 19.9 Å². The number of piperazine rings is 1. The van der Waals surface area contributed by atoms with Gasteiger partial charge in [-0.3, -0.25) is 9.59 Å². The van der Waals surface area contributed by atoms with Crippen LogP contribution in [0.4, 0.5) is 10.5 Å². The van der Waals surface area contributed by atoms with Crippen LogP contribution < -0.4 is 5.32 Å². The van der Waals surface area contributed by atoms with Crippen molar-refractivity contribution in [1.29, 1.82) is 0 Å². The fraction of sp³-hybridized carbons (Fsp3) is 0.286. The summed E-state index contributed by atoms with van der Waals surface area (Å²) >= 11 is 3.37. The summed E-state index contributed by atoms with van der Waals surface area (Å²) in [4.78, 5) is 40.8. The number of amides is 3. The minimum absolute atomic E-state index is 0.184. The number of para-hydroxylation sites is 1. The van der Waals surface area contributed by atoms with Crippen molar-refractivity contribution in [3.8, 4) is 0 Å². The molecule has 2 aromatic carbocycles. The van der Waals surface area contributed by atoms with E-state index in [0.29, 0.717) is 54.1 Å². The first-order valence-corrected chi connectivity index (χ1v) is 10.2. The third kappa shape index (κ3) is 4.95. The third-order valence-corrected chi connectivity index (χ3v) is 5.31. The van der Waals surface area contributed by atoms with Crippen molar-refractivity contribution in [3.05, 3.63) is 64.1 Å². The van der Waals surface area contributed by atoms with E-state index in [4.69, 9.17) is 4.74 Å². The molecule has 1 saturated heterocycles. The fourth-order valence-electron chi connectivity index (χ4n) is 3.09. The number of hydrogen-bond donors (Lipinski definition) is 1. The molecule has 7 nitrogen and oxygen atoms in total. The van der Waals surface area contributed by atoms with Gasteiger partial charge in [0.15, 0.2) is 0 Å². The Morgan fingerprint density at radius 3 is 2.17 bits per heavy atom.